The number of pyridine rings is 1. The fraction of sp³-hybridized carbons (Fsp3) is 0.550. The molecule has 3 aliphatic rings. The van der Waals surface area contributed by atoms with Crippen molar-refractivity contribution in [2.45, 2.75) is 64.5 Å². The van der Waals surface area contributed by atoms with E-state index in [2.05, 4.69) is 31.8 Å². The Hall–Kier alpha value is -2.77. The van der Waals surface area contributed by atoms with Crippen molar-refractivity contribution >= 4 is 17.0 Å². The van der Waals surface area contributed by atoms with Gasteiger partial charge in [0.1, 0.15) is 5.82 Å². The highest BCUT2D eigenvalue weighted by Crippen LogP contribution is 2.41. The number of hydrogen-bond acceptors (Lipinski definition) is 6. The third kappa shape index (κ3) is 2.20. The second kappa shape index (κ2) is 5.62. The summed E-state index contributed by atoms with van der Waals surface area (Å²) in [4.78, 5) is 20.2. The quantitative estimate of drug-likeness (QED) is 0.681. The van der Waals surface area contributed by atoms with E-state index in [1.807, 2.05) is 11.8 Å². The summed E-state index contributed by atoms with van der Waals surface area (Å²) < 4.78 is 7.66. The molecule has 1 fully saturated rings. The van der Waals surface area contributed by atoms with Crippen LogP contribution in [0.15, 0.2) is 4.52 Å². The Bertz CT molecular complexity index is 1130. The van der Waals surface area contributed by atoms with Gasteiger partial charge in [-0.3, -0.25) is 4.79 Å². The molecule has 8 heteroatoms. The van der Waals surface area contributed by atoms with Gasteiger partial charge in [0.15, 0.2) is 5.82 Å². The van der Waals surface area contributed by atoms with Gasteiger partial charge in [-0.15, -0.1) is 10.2 Å². The lowest BCUT2D eigenvalue weighted by Gasteiger charge is -2.33. The first-order valence-corrected chi connectivity index (χ1v) is 10.1. The maximum absolute atomic E-state index is 13.7. The fourth-order valence-corrected chi connectivity index (χ4v) is 4.85. The lowest BCUT2D eigenvalue weighted by Crippen LogP contribution is -2.41. The van der Waals surface area contributed by atoms with Gasteiger partial charge in [-0.05, 0) is 51.5 Å². The first kappa shape index (κ1) is 16.2. The molecular formula is C20H22N6O2. The maximum atomic E-state index is 13.7. The van der Waals surface area contributed by atoms with Gasteiger partial charge in [0.05, 0.1) is 29.2 Å². The van der Waals surface area contributed by atoms with Crippen LogP contribution >= 0.6 is 0 Å². The Balaban J connectivity index is 1.43. The molecule has 0 unspecified atom stereocenters. The molecule has 0 N–H and O–H groups in total. The number of nitrogens with zero attached hydrogens (tertiary/aromatic N) is 6. The van der Waals surface area contributed by atoms with Crippen LogP contribution in [-0.2, 0) is 19.4 Å². The Morgan fingerprint density at radius 2 is 2.07 bits per heavy atom. The van der Waals surface area contributed by atoms with E-state index in [0.717, 1.165) is 58.8 Å². The zero-order chi connectivity index (χ0) is 19.0. The van der Waals surface area contributed by atoms with E-state index in [1.54, 1.807) is 0 Å². The van der Waals surface area contributed by atoms with Crippen molar-refractivity contribution in [2.24, 2.45) is 0 Å². The second-order valence-electron chi connectivity index (χ2n) is 8.37. The minimum absolute atomic E-state index is 0.0333. The summed E-state index contributed by atoms with van der Waals surface area (Å²) in [5.41, 5.74) is 3.99. The molecule has 8 nitrogen and oxygen atoms in total. The van der Waals surface area contributed by atoms with E-state index in [4.69, 9.17) is 4.52 Å². The highest BCUT2D eigenvalue weighted by Gasteiger charge is 2.37. The third-order valence-corrected chi connectivity index (χ3v) is 6.32. The second-order valence-corrected chi connectivity index (χ2v) is 8.37. The number of fused-ring (bicyclic) bond motifs is 3. The highest BCUT2D eigenvalue weighted by molar-refractivity contribution is 6.07. The molecule has 1 amide bonds. The van der Waals surface area contributed by atoms with Gasteiger partial charge >= 0.3 is 0 Å². The molecule has 1 atom stereocenters. The molecule has 28 heavy (non-hydrogen) atoms. The molecule has 4 heterocycles. The zero-order valence-electron chi connectivity index (χ0n) is 16.1. The molecule has 0 saturated heterocycles. The maximum Gasteiger partial charge on any atom is 0.259 e. The van der Waals surface area contributed by atoms with Crippen LogP contribution in [0, 0.1) is 6.92 Å². The summed E-state index contributed by atoms with van der Waals surface area (Å²) in [5.74, 6) is 2.56. The number of aromatic nitrogens is 5. The van der Waals surface area contributed by atoms with E-state index in [9.17, 15) is 4.79 Å². The Morgan fingerprint density at radius 1 is 1.21 bits per heavy atom. The van der Waals surface area contributed by atoms with Crippen LogP contribution in [0.2, 0.25) is 0 Å². The van der Waals surface area contributed by atoms with Crippen LogP contribution in [-0.4, -0.2) is 42.3 Å². The monoisotopic (exact) mass is 378 g/mol. The summed E-state index contributed by atoms with van der Waals surface area (Å²) >= 11 is 0. The minimum atomic E-state index is 0.0333. The number of aryl methyl sites for hydroxylation is 2. The van der Waals surface area contributed by atoms with Crippen molar-refractivity contribution in [2.75, 3.05) is 6.54 Å². The molecule has 6 rings (SSSR count). The first-order valence-electron chi connectivity index (χ1n) is 10.1. The predicted molar refractivity (Wildman–Crippen MR) is 100 cm³/mol. The van der Waals surface area contributed by atoms with Crippen LogP contribution < -0.4 is 0 Å². The summed E-state index contributed by atoms with van der Waals surface area (Å²) in [6.45, 7) is 5.18. The SMILES string of the molecule is Cc1noc2nc3c(c(C(=O)N4Cc5nnc(C6CC6)n5[C@@H](C)C4)c12)CCC3. The molecular weight excluding hydrogens is 356 g/mol. The summed E-state index contributed by atoms with van der Waals surface area (Å²) in [6.07, 6.45) is 5.19. The van der Waals surface area contributed by atoms with Gasteiger partial charge < -0.3 is 14.0 Å². The van der Waals surface area contributed by atoms with Crippen LogP contribution in [0.5, 0.6) is 0 Å². The average molecular weight is 378 g/mol. The highest BCUT2D eigenvalue weighted by atomic mass is 16.5. The molecule has 0 radical (unpaired) electrons. The van der Waals surface area contributed by atoms with Crippen LogP contribution in [0.25, 0.3) is 11.1 Å². The van der Waals surface area contributed by atoms with Gasteiger partial charge in [-0.1, -0.05) is 5.16 Å². The first-order chi connectivity index (χ1) is 13.6. The lowest BCUT2D eigenvalue weighted by atomic mass is 10.0. The molecule has 144 valence electrons. The Morgan fingerprint density at radius 3 is 2.89 bits per heavy atom. The molecule has 3 aromatic heterocycles. The van der Waals surface area contributed by atoms with Crippen molar-refractivity contribution in [3.05, 3.63) is 34.2 Å². The summed E-state index contributed by atoms with van der Waals surface area (Å²) in [6, 6.07) is 0.173. The summed E-state index contributed by atoms with van der Waals surface area (Å²) in [5, 5.41) is 13.7. The minimum Gasteiger partial charge on any atom is -0.336 e. The van der Waals surface area contributed by atoms with Crippen molar-refractivity contribution in [1.82, 2.24) is 29.8 Å². The van der Waals surface area contributed by atoms with Crippen LogP contribution in [0.1, 0.15) is 77.1 Å². The van der Waals surface area contributed by atoms with Gasteiger partial charge in [0, 0.05) is 18.2 Å². The Labute approximate surface area is 161 Å². The molecule has 1 aliphatic heterocycles. The fourth-order valence-electron chi connectivity index (χ4n) is 4.85. The van der Waals surface area contributed by atoms with Gasteiger partial charge in [-0.25, -0.2) is 4.98 Å². The number of carbonyl (C=O) groups excluding carboxylic acids is 1. The number of carbonyl (C=O) groups is 1. The average Bonchev–Trinajstić information content (AvgIpc) is 3.10. The van der Waals surface area contributed by atoms with Gasteiger partial charge in [0.2, 0.25) is 0 Å². The standard InChI is InChI=1S/C20H22N6O2/c1-10-8-25(9-15-22-23-18(26(10)15)12-6-7-12)20(27)17-13-4-3-5-14(13)21-19-16(17)11(2)24-28-19/h10,12H,3-9H2,1-2H3/t10-/m0/s1. The number of hydrogen-bond donors (Lipinski definition) is 0. The van der Waals surface area contributed by atoms with Crippen LogP contribution in [0.3, 0.4) is 0 Å². The smallest absolute Gasteiger partial charge is 0.259 e. The van der Waals surface area contributed by atoms with Crippen molar-refractivity contribution < 1.29 is 9.32 Å². The molecule has 0 aromatic carbocycles. The van der Waals surface area contributed by atoms with Gasteiger partial charge in [0.25, 0.3) is 11.6 Å². The molecule has 1 saturated carbocycles. The number of amides is 1. The zero-order valence-corrected chi connectivity index (χ0v) is 16.1. The van der Waals surface area contributed by atoms with E-state index >= 15 is 0 Å². The van der Waals surface area contributed by atoms with Crippen molar-refractivity contribution in [1.29, 1.82) is 0 Å². The lowest BCUT2D eigenvalue weighted by molar-refractivity contribution is 0.0680. The van der Waals surface area contributed by atoms with E-state index < -0.39 is 0 Å². The number of rotatable bonds is 2. The van der Waals surface area contributed by atoms with Gasteiger partial charge in [-0.2, -0.15) is 0 Å². The van der Waals surface area contributed by atoms with Crippen LogP contribution in [0.4, 0.5) is 0 Å². The normalized spacial score (nSPS) is 21.2. The van der Waals surface area contributed by atoms with E-state index in [0.29, 0.717) is 24.7 Å². The van der Waals surface area contributed by atoms with Crippen molar-refractivity contribution in [3.8, 4) is 0 Å². The predicted octanol–water partition coefficient (Wildman–Crippen LogP) is 2.71. The Kier molecular flexibility index (Phi) is 3.25. The molecule has 0 spiro atoms. The molecule has 0 bridgehead atoms. The molecule has 2 aliphatic carbocycles. The summed E-state index contributed by atoms with van der Waals surface area (Å²) in [7, 11) is 0. The van der Waals surface area contributed by atoms with E-state index in [-0.39, 0.29) is 11.9 Å². The topological polar surface area (TPSA) is 89.9 Å². The molecule has 3 aromatic rings. The van der Waals surface area contributed by atoms with Crippen molar-refractivity contribution in [3.63, 3.8) is 0 Å². The van der Waals surface area contributed by atoms with E-state index in [1.165, 1.54) is 12.8 Å². The third-order valence-electron chi connectivity index (χ3n) is 6.32. The largest absolute Gasteiger partial charge is 0.336 e.